The number of ether oxygens (including phenoxy) is 2. The highest BCUT2D eigenvalue weighted by Crippen LogP contribution is 2.36. The molecule has 0 spiro atoms. The number of piperidine rings is 1. The standard InChI is InChI=1S/C21H24N2O4S2/c1-2-15-5-3-4-9-22(15)19(24)8-10-23-20(25)18(29-21(23)28)12-14-6-7-16-17(11-14)27-13-26-16/h6-7,11-12,15H,2-5,8-10,13H2,1H3/b18-12-/t15-/m0/s1. The van der Waals surface area contributed by atoms with Crippen molar-refractivity contribution in [1.29, 1.82) is 0 Å². The lowest BCUT2D eigenvalue weighted by molar-refractivity contribution is -0.135. The number of rotatable bonds is 5. The molecular formula is C21H24N2O4S2. The van der Waals surface area contributed by atoms with Crippen LogP contribution in [0, 0.1) is 0 Å². The van der Waals surface area contributed by atoms with Crippen LogP contribution in [0.15, 0.2) is 23.1 Å². The lowest BCUT2D eigenvalue weighted by Crippen LogP contribution is -2.44. The summed E-state index contributed by atoms with van der Waals surface area (Å²) < 4.78 is 11.2. The van der Waals surface area contributed by atoms with E-state index in [0.29, 0.717) is 39.7 Å². The van der Waals surface area contributed by atoms with Gasteiger partial charge in [0, 0.05) is 25.6 Å². The average Bonchev–Trinajstić information content (AvgIpc) is 3.30. The van der Waals surface area contributed by atoms with Gasteiger partial charge in [-0.25, -0.2) is 0 Å². The first-order valence-electron chi connectivity index (χ1n) is 10.0. The number of nitrogens with zero attached hydrogens (tertiary/aromatic N) is 2. The molecule has 6 nitrogen and oxygen atoms in total. The monoisotopic (exact) mass is 432 g/mol. The van der Waals surface area contributed by atoms with Crippen molar-refractivity contribution in [2.45, 2.75) is 45.1 Å². The van der Waals surface area contributed by atoms with Gasteiger partial charge in [0.25, 0.3) is 5.91 Å². The second-order valence-electron chi connectivity index (χ2n) is 7.34. The number of thioether (sulfide) groups is 1. The van der Waals surface area contributed by atoms with E-state index < -0.39 is 0 Å². The Bertz CT molecular complexity index is 870. The Hall–Kier alpha value is -2.06. The molecule has 154 valence electrons. The number of likely N-dealkylation sites (tertiary alicyclic amines) is 1. The zero-order valence-corrected chi connectivity index (χ0v) is 18.0. The SMILES string of the molecule is CC[C@H]1CCCCN1C(=O)CCN1C(=O)/C(=C/c2ccc3c(c2)OCO3)SC1=S. The Kier molecular flexibility index (Phi) is 6.10. The fourth-order valence-electron chi connectivity index (χ4n) is 3.95. The van der Waals surface area contributed by atoms with E-state index in [1.54, 1.807) is 11.0 Å². The largest absolute Gasteiger partial charge is 0.454 e. The number of fused-ring (bicyclic) bond motifs is 1. The minimum atomic E-state index is -0.142. The summed E-state index contributed by atoms with van der Waals surface area (Å²) in [6.07, 6.45) is 6.40. The Labute approximate surface area is 180 Å². The summed E-state index contributed by atoms with van der Waals surface area (Å²) in [4.78, 5) is 29.6. The predicted octanol–water partition coefficient (Wildman–Crippen LogP) is 3.80. The van der Waals surface area contributed by atoms with Gasteiger partial charge < -0.3 is 14.4 Å². The maximum absolute atomic E-state index is 12.8. The molecule has 0 aromatic heterocycles. The van der Waals surface area contributed by atoms with E-state index in [-0.39, 0.29) is 18.6 Å². The Morgan fingerprint density at radius 2 is 2.14 bits per heavy atom. The molecule has 29 heavy (non-hydrogen) atoms. The number of carbonyl (C=O) groups excluding carboxylic acids is 2. The third kappa shape index (κ3) is 4.28. The summed E-state index contributed by atoms with van der Waals surface area (Å²) in [5.74, 6) is 1.35. The summed E-state index contributed by atoms with van der Waals surface area (Å²) in [7, 11) is 0. The summed E-state index contributed by atoms with van der Waals surface area (Å²) >= 11 is 6.68. The van der Waals surface area contributed by atoms with Crippen LogP contribution in [0.4, 0.5) is 0 Å². The molecule has 3 aliphatic rings. The van der Waals surface area contributed by atoms with Crippen molar-refractivity contribution in [3.05, 3.63) is 28.7 Å². The van der Waals surface area contributed by atoms with Crippen molar-refractivity contribution < 1.29 is 19.1 Å². The molecule has 2 saturated heterocycles. The number of thiocarbonyl (C=S) groups is 1. The van der Waals surface area contributed by atoms with Crippen LogP contribution < -0.4 is 9.47 Å². The van der Waals surface area contributed by atoms with Gasteiger partial charge in [0.05, 0.1) is 4.91 Å². The van der Waals surface area contributed by atoms with Gasteiger partial charge in [-0.2, -0.15) is 0 Å². The molecule has 2 fully saturated rings. The van der Waals surface area contributed by atoms with Crippen molar-refractivity contribution in [2.75, 3.05) is 19.9 Å². The van der Waals surface area contributed by atoms with Crippen LogP contribution in [0.1, 0.15) is 44.6 Å². The number of hydrogen-bond donors (Lipinski definition) is 0. The van der Waals surface area contributed by atoms with Gasteiger partial charge in [-0.15, -0.1) is 0 Å². The summed E-state index contributed by atoms with van der Waals surface area (Å²) in [6, 6.07) is 5.88. The quantitative estimate of drug-likeness (QED) is 0.521. The van der Waals surface area contributed by atoms with E-state index in [1.165, 1.54) is 18.2 Å². The zero-order chi connectivity index (χ0) is 20.4. The fraction of sp³-hybridized carbons (Fsp3) is 0.476. The van der Waals surface area contributed by atoms with Gasteiger partial charge in [0.2, 0.25) is 12.7 Å². The Morgan fingerprint density at radius 3 is 2.97 bits per heavy atom. The molecular weight excluding hydrogens is 408 g/mol. The van der Waals surface area contributed by atoms with Gasteiger partial charge in [-0.3, -0.25) is 14.5 Å². The molecule has 0 unspecified atom stereocenters. The van der Waals surface area contributed by atoms with Crippen LogP contribution in [0.25, 0.3) is 6.08 Å². The van der Waals surface area contributed by atoms with E-state index in [9.17, 15) is 9.59 Å². The molecule has 0 aliphatic carbocycles. The highest BCUT2D eigenvalue weighted by atomic mass is 32.2. The second-order valence-corrected chi connectivity index (χ2v) is 9.02. The minimum absolute atomic E-state index is 0.116. The number of carbonyl (C=O) groups is 2. The van der Waals surface area contributed by atoms with Crippen molar-refractivity contribution in [2.24, 2.45) is 0 Å². The van der Waals surface area contributed by atoms with Crippen LogP contribution in [0.3, 0.4) is 0 Å². The van der Waals surface area contributed by atoms with Gasteiger partial charge >= 0.3 is 0 Å². The van der Waals surface area contributed by atoms with E-state index in [0.717, 1.165) is 31.4 Å². The Balaban J connectivity index is 1.40. The molecule has 0 bridgehead atoms. The maximum Gasteiger partial charge on any atom is 0.266 e. The zero-order valence-electron chi connectivity index (χ0n) is 16.4. The first-order chi connectivity index (χ1) is 14.1. The van der Waals surface area contributed by atoms with Gasteiger partial charge in [0.15, 0.2) is 11.5 Å². The first-order valence-corrected chi connectivity index (χ1v) is 11.2. The second kappa shape index (κ2) is 8.75. The predicted molar refractivity (Wildman–Crippen MR) is 117 cm³/mol. The van der Waals surface area contributed by atoms with Crippen LogP contribution in [0.2, 0.25) is 0 Å². The van der Waals surface area contributed by atoms with E-state index >= 15 is 0 Å². The normalized spacial score (nSPS) is 22.7. The van der Waals surface area contributed by atoms with Crippen LogP contribution in [-0.2, 0) is 9.59 Å². The third-order valence-electron chi connectivity index (χ3n) is 5.54. The van der Waals surface area contributed by atoms with E-state index in [1.807, 2.05) is 23.1 Å². The van der Waals surface area contributed by atoms with Crippen molar-refractivity contribution in [3.63, 3.8) is 0 Å². The summed E-state index contributed by atoms with van der Waals surface area (Å²) in [5.41, 5.74) is 0.852. The highest BCUT2D eigenvalue weighted by molar-refractivity contribution is 8.26. The van der Waals surface area contributed by atoms with Gasteiger partial charge in [-0.1, -0.05) is 37.0 Å². The summed E-state index contributed by atoms with van der Waals surface area (Å²) in [6.45, 7) is 3.48. The van der Waals surface area contributed by atoms with Crippen LogP contribution >= 0.6 is 24.0 Å². The average molecular weight is 433 g/mol. The Morgan fingerprint density at radius 1 is 1.31 bits per heavy atom. The topological polar surface area (TPSA) is 59.1 Å². The summed E-state index contributed by atoms with van der Waals surface area (Å²) in [5, 5.41) is 0. The van der Waals surface area contributed by atoms with Crippen molar-refractivity contribution in [3.8, 4) is 11.5 Å². The van der Waals surface area contributed by atoms with Crippen LogP contribution in [0.5, 0.6) is 11.5 Å². The van der Waals surface area contributed by atoms with Gasteiger partial charge in [-0.05, 0) is 49.5 Å². The molecule has 1 atom stereocenters. The number of benzene rings is 1. The molecule has 1 aromatic carbocycles. The first kappa shape index (κ1) is 20.2. The van der Waals surface area contributed by atoms with Crippen LogP contribution in [-0.4, -0.2) is 51.9 Å². The van der Waals surface area contributed by atoms with Gasteiger partial charge in [0.1, 0.15) is 4.32 Å². The van der Waals surface area contributed by atoms with E-state index in [2.05, 4.69) is 6.92 Å². The third-order valence-corrected chi connectivity index (χ3v) is 6.91. The van der Waals surface area contributed by atoms with E-state index in [4.69, 9.17) is 21.7 Å². The molecule has 3 aliphatic heterocycles. The van der Waals surface area contributed by atoms with Crippen molar-refractivity contribution >= 4 is 46.2 Å². The molecule has 0 radical (unpaired) electrons. The molecule has 0 saturated carbocycles. The number of hydrogen-bond acceptors (Lipinski definition) is 6. The molecule has 3 heterocycles. The molecule has 2 amide bonds. The lowest BCUT2D eigenvalue weighted by Gasteiger charge is -2.35. The maximum atomic E-state index is 12.8. The minimum Gasteiger partial charge on any atom is -0.454 e. The smallest absolute Gasteiger partial charge is 0.266 e. The van der Waals surface area contributed by atoms with Crippen molar-refractivity contribution in [1.82, 2.24) is 9.80 Å². The molecule has 0 N–H and O–H groups in total. The lowest BCUT2D eigenvalue weighted by atomic mass is 9.99. The molecule has 1 aromatic rings. The number of amides is 2. The fourth-order valence-corrected chi connectivity index (χ4v) is 5.26. The molecule has 8 heteroatoms. The molecule has 4 rings (SSSR count). The highest BCUT2D eigenvalue weighted by Gasteiger charge is 2.33.